The van der Waals surface area contributed by atoms with Crippen molar-refractivity contribution in [1.29, 1.82) is 0 Å². The second-order valence-electron chi connectivity index (χ2n) is 4.83. The summed E-state index contributed by atoms with van der Waals surface area (Å²) >= 11 is 12.1. The lowest BCUT2D eigenvalue weighted by atomic mass is 10.2. The van der Waals surface area contributed by atoms with Gasteiger partial charge in [-0.15, -0.1) is 0 Å². The third-order valence-corrected chi connectivity index (χ3v) is 5.10. The van der Waals surface area contributed by atoms with Crippen molar-refractivity contribution in [2.75, 3.05) is 4.72 Å². The fourth-order valence-electron chi connectivity index (χ4n) is 2.25. The predicted molar refractivity (Wildman–Crippen MR) is 93.3 cm³/mol. The fourth-order valence-corrected chi connectivity index (χ4v) is 3.77. The van der Waals surface area contributed by atoms with Crippen molar-refractivity contribution in [1.82, 2.24) is 4.98 Å². The molecule has 4 N–H and O–H groups in total. The van der Waals surface area contributed by atoms with Crippen LogP contribution in [0.25, 0.3) is 10.9 Å². The monoisotopic (exact) mass is 385 g/mol. The summed E-state index contributed by atoms with van der Waals surface area (Å²) in [5.41, 5.74) is 5.72. The number of aromatic amines is 1. The van der Waals surface area contributed by atoms with E-state index in [0.29, 0.717) is 26.6 Å². The summed E-state index contributed by atoms with van der Waals surface area (Å²) < 4.78 is 29.4. The van der Waals surface area contributed by atoms with Crippen molar-refractivity contribution in [3.8, 4) is 0 Å². The van der Waals surface area contributed by atoms with Crippen LogP contribution in [0.4, 0.5) is 10.1 Å². The van der Waals surface area contributed by atoms with E-state index in [1.54, 1.807) is 18.3 Å². The normalized spacial score (nSPS) is 12.3. The summed E-state index contributed by atoms with van der Waals surface area (Å²) in [7, 11) is -1.97. The van der Waals surface area contributed by atoms with Crippen LogP contribution in [-0.2, 0) is 11.0 Å². The zero-order valence-electron chi connectivity index (χ0n) is 11.9. The van der Waals surface area contributed by atoms with Gasteiger partial charge in [-0.05, 0) is 24.3 Å². The number of aromatic nitrogens is 1. The summed E-state index contributed by atoms with van der Waals surface area (Å²) in [5.74, 6) is -1.86. The van der Waals surface area contributed by atoms with E-state index in [0.717, 1.165) is 0 Å². The lowest BCUT2D eigenvalue weighted by Crippen LogP contribution is -2.16. The van der Waals surface area contributed by atoms with Crippen molar-refractivity contribution in [3.63, 3.8) is 0 Å². The Morgan fingerprint density at radius 2 is 1.96 bits per heavy atom. The number of carbonyl (C=O) groups is 1. The maximum atomic E-state index is 14.3. The number of H-pyrrole nitrogens is 1. The van der Waals surface area contributed by atoms with Gasteiger partial charge in [-0.25, -0.2) is 8.60 Å². The number of hydrogen-bond acceptors (Lipinski definition) is 2. The average Bonchev–Trinajstić information content (AvgIpc) is 2.93. The van der Waals surface area contributed by atoms with E-state index in [9.17, 15) is 13.4 Å². The van der Waals surface area contributed by atoms with E-state index in [1.165, 1.54) is 18.2 Å². The molecule has 1 atom stereocenters. The Hall–Kier alpha value is -2.09. The number of nitrogens with two attached hydrogens (primary N) is 1. The van der Waals surface area contributed by atoms with E-state index in [1.807, 2.05) is 0 Å². The van der Waals surface area contributed by atoms with E-state index < -0.39 is 22.7 Å². The number of rotatable bonds is 4. The van der Waals surface area contributed by atoms with Gasteiger partial charge < -0.3 is 10.7 Å². The number of fused-ring (bicyclic) bond motifs is 1. The first-order chi connectivity index (χ1) is 11.4. The van der Waals surface area contributed by atoms with Crippen LogP contribution in [0, 0.1) is 5.82 Å². The molecule has 2 aromatic carbocycles. The molecule has 0 aliphatic rings. The Bertz CT molecular complexity index is 990. The first-order valence-corrected chi connectivity index (χ1v) is 8.52. The molecule has 0 aliphatic heterocycles. The highest BCUT2D eigenvalue weighted by molar-refractivity contribution is 7.86. The molecule has 0 fully saturated rings. The molecule has 24 heavy (non-hydrogen) atoms. The van der Waals surface area contributed by atoms with Gasteiger partial charge in [0.2, 0.25) is 0 Å². The number of anilines is 1. The highest BCUT2D eigenvalue weighted by Crippen LogP contribution is 2.35. The molecule has 1 heterocycles. The molecular weight excluding hydrogens is 376 g/mol. The van der Waals surface area contributed by atoms with Crippen LogP contribution in [0.5, 0.6) is 0 Å². The number of hydrogen-bond donors (Lipinski definition) is 3. The molecule has 1 aromatic heterocycles. The quantitative estimate of drug-likeness (QED) is 0.636. The van der Waals surface area contributed by atoms with Crippen molar-refractivity contribution < 1.29 is 13.4 Å². The summed E-state index contributed by atoms with van der Waals surface area (Å²) in [6.07, 6.45) is 1.54. The molecule has 1 amide bonds. The second kappa shape index (κ2) is 6.43. The lowest BCUT2D eigenvalue weighted by molar-refractivity contribution is 0.0996. The number of primary amides is 1. The van der Waals surface area contributed by atoms with Crippen LogP contribution in [0.1, 0.15) is 10.4 Å². The van der Waals surface area contributed by atoms with Crippen LogP contribution in [0.2, 0.25) is 10.0 Å². The summed E-state index contributed by atoms with van der Waals surface area (Å²) in [5, 5.41) is 1.40. The molecular formula is C15H10Cl2FN3O2S. The van der Waals surface area contributed by atoms with Gasteiger partial charge in [0.1, 0.15) is 0 Å². The molecule has 0 radical (unpaired) electrons. The molecule has 124 valence electrons. The van der Waals surface area contributed by atoms with Crippen molar-refractivity contribution in [2.24, 2.45) is 5.73 Å². The molecule has 3 aromatic rings. The van der Waals surface area contributed by atoms with E-state index in [-0.39, 0.29) is 10.5 Å². The van der Waals surface area contributed by atoms with Crippen molar-refractivity contribution in [3.05, 3.63) is 58.0 Å². The first-order valence-electron chi connectivity index (χ1n) is 6.62. The fraction of sp³-hybridized carbons (Fsp3) is 0. The van der Waals surface area contributed by atoms with Gasteiger partial charge in [-0.1, -0.05) is 29.3 Å². The van der Waals surface area contributed by atoms with Crippen LogP contribution >= 0.6 is 23.2 Å². The highest BCUT2D eigenvalue weighted by atomic mass is 35.5. The average molecular weight is 386 g/mol. The zero-order chi connectivity index (χ0) is 17.4. The maximum Gasteiger partial charge on any atom is 0.251 e. The largest absolute Gasteiger partial charge is 0.366 e. The molecule has 3 rings (SSSR count). The zero-order valence-corrected chi connectivity index (χ0v) is 14.2. The second-order valence-corrected chi connectivity index (χ2v) is 6.83. The number of amides is 1. The number of carbonyl (C=O) groups excluding carboxylic acids is 1. The van der Waals surface area contributed by atoms with Gasteiger partial charge >= 0.3 is 0 Å². The van der Waals surface area contributed by atoms with Crippen LogP contribution in [0.15, 0.2) is 41.4 Å². The Morgan fingerprint density at radius 1 is 1.21 bits per heavy atom. The molecule has 5 nitrogen and oxygen atoms in total. The van der Waals surface area contributed by atoms with Crippen molar-refractivity contribution in [2.45, 2.75) is 4.90 Å². The minimum absolute atomic E-state index is 0.188. The van der Waals surface area contributed by atoms with Gasteiger partial charge in [0.15, 0.2) is 16.8 Å². The Labute approximate surface area is 148 Å². The van der Waals surface area contributed by atoms with Crippen molar-refractivity contribution >= 4 is 56.7 Å². The molecule has 9 heteroatoms. The minimum atomic E-state index is -1.97. The molecule has 0 aliphatic carbocycles. The maximum absolute atomic E-state index is 14.3. The highest BCUT2D eigenvalue weighted by Gasteiger charge is 2.18. The van der Waals surface area contributed by atoms with E-state index in [4.69, 9.17) is 28.9 Å². The lowest BCUT2D eigenvalue weighted by Gasteiger charge is -2.10. The Kier molecular flexibility index (Phi) is 4.49. The van der Waals surface area contributed by atoms with Crippen LogP contribution in [0.3, 0.4) is 0 Å². The summed E-state index contributed by atoms with van der Waals surface area (Å²) in [6, 6.07) is 7.11. The topological polar surface area (TPSA) is 88.0 Å². The molecule has 1 unspecified atom stereocenters. The van der Waals surface area contributed by atoms with E-state index >= 15 is 0 Å². The third-order valence-electron chi connectivity index (χ3n) is 3.37. The Balaban J connectivity index is 2.01. The van der Waals surface area contributed by atoms with Crippen LogP contribution in [-0.4, -0.2) is 15.1 Å². The standard InChI is InChI=1S/C15H10Cl2FN3O2S/c16-8-4-5-10(14-12(8)9(17)6-20-14)21-24(23)11-3-1-2-7(13(11)18)15(19)22/h1-6,20-21H,(H2,19,22). The Morgan fingerprint density at radius 3 is 2.67 bits per heavy atom. The van der Waals surface area contributed by atoms with Gasteiger partial charge in [0, 0.05) is 11.6 Å². The van der Waals surface area contributed by atoms with Gasteiger partial charge in [-0.3, -0.25) is 9.52 Å². The number of halogens is 3. The summed E-state index contributed by atoms with van der Waals surface area (Å²) in [4.78, 5) is 13.9. The van der Waals surface area contributed by atoms with Gasteiger partial charge in [0.25, 0.3) is 5.91 Å². The van der Waals surface area contributed by atoms with Gasteiger partial charge in [-0.2, -0.15) is 0 Å². The summed E-state index contributed by atoms with van der Waals surface area (Å²) in [6.45, 7) is 0. The molecule has 0 bridgehead atoms. The molecule has 0 saturated heterocycles. The molecule has 0 saturated carbocycles. The molecule has 0 spiro atoms. The number of benzene rings is 2. The van der Waals surface area contributed by atoms with Crippen LogP contribution < -0.4 is 10.5 Å². The SMILES string of the molecule is NC(=O)c1cccc(S(=O)Nc2ccc(Cl)c3c(Cl)c[nH]c23)c1F. The van der Waals surface area contributed by atoms with Gasteiger partial charge in [0.05, 0.1) is 31.7 Å². The minimum Gasteiger partial charge on any atom is -0.366 e. The first kappa shape index (κ1) is 16.8. The predicted octanol–water partition coefficient (Wildman–Crippen LogP) is 3.85. The van der Waals surface area contributed by atoms with E-state index in [2.05, 4.69) is 9.71 Å². The third kappa shape index (κ3) is 2.86. The number of nitrogens with one attached hydrogen (secondary N) is 2. The smallest absolute Gasteiger partial charge is 0.251 e.